The monoisotopic (exact) mass is 479 g/mol. The van der Waals surface area contributed by atoms with Gasteiger partial charge >= 0.3 is 0 Å². The fourth-order valence-electron chi connectivity index (χ4n) is 3.54. The van der Waals surface area contributed by atoms with Crippen LogP contribution in [0.15, 0.2) is 77.7 Å². The Morgan fingerprint density at radius 1 is 1.06 bits per heavy atom. The first kappa shape index (κ1) is 25.0. The molecule has 178 valence electrons. The first-order chi connectivity index (χ1) is 16.2. The second-order valence-corrected chi connectivity index (χ2v) is 10.0. The number of benzene rings is 3. The Kier molecular flexibility index (Phi) is 8.07. The van der Waals surface area contributed by atoms with Crippen molar-refractivity contribution in [2.75, 3.05) is 6.26 Å². The number of carbonyl (C=O) groups excluding carboxylic acids is 1. The Bertz CT molecular complexity index is 1270. The van der Waals surface area contributed by atoms with E-state index in [0.29, 0.717) is 29.8 Å². The van der Waals surface area contributed by atoms with E-state index < -0.39 is 15.9 Å². The number of carbonyl (C=O) groups is 1. The molecule has 0 saturated heterocycles. The van der Waals surface area contributed by atoms with Crippen LogP contribution in [0.25, 0.3) is 11.1 Å². The third-order valence-electron chi connectivity index (χ3n) is 5.28. The summed E-state index contributed by atoms with van der Waals surface area (Å²) >= 11 is 0. The molecule has 1 amide bonds. The first-order valence-electron chi connectivity index (χ1n) is 11.0. The number of sulfone groups is 1. The minimum Gasteiger partial charge on any atom is -0.481 e. The highest BCUT2D eigenvalue weighted by Crippen LogP contribution is 2.27. The maximum Gasteiger partial charge on any atom is 0.261 e. The van der Waals surface area contributed by atoms with E-state index in [9.17, 15) is 13.2 Å². The molecule has 0 aliphatic heterocycles. The second kappa shape index (κ2) is 11.0. The van der Waals surface area contributed by atoms with Crippen LogP contribution in [-0.4, -0.2) is 32.5 Å². The Hall–Kier alpha value is -3.65. The molecule has 8 heteroatoms. The number of ether oxygens (including phenoxy) is 1. The first-order valence-corrected chi connectivity index (χ1v) is 12.9. The van der Waals surface area contributed by atoms with Gasteiger partial charge in [-0.3, -0.25) is 10.2 Å². The van der Waals surface area contributed by atoms with E-state index in [4.69, 9.17) is 15.9 Å². The molecule has 0 saturated carbocycles. The summed E-state index contributed by atoms with van der Waals surface area (Å²) in [5.41, 5.74) is 8.38. The predicted octanol–water partition coefficient (Wildman–Crippen LogP) is 3.91. The molecule has 4 N–H and O–H groups in total. The lowest BCUT2D eigenvalue weighted by molar-refractivity contribution is -0.128. The van der Waals surface area contributed by atoms with Crippen molar-refractivity contribution in [3.05, 3.63) is 83.9 Å². The topological polar surface area (TPSA) is 122 Å². The summed E-state index contributed by atoms with van der Waals surface area (Å²) in [5.74, 6) is 0.182. The molecule has 0 heterocycles. The molecule has 0 bridgehead atoms. The van der Waals surface area contributed by atoms with Gasteiger partial charge in [-0.15, -0.1) is 0 Å². The number of hydrogen-bond donors (Lipinski definition) is 3. The van der Waals surface area contributed by atoms with E-state index in [1.54, 1.807) is 48.5 Å². The minimum atomic E-state index is -3.35. The SMILES string of the molecule is CCCC(Oc1cccc(C(=N)N)c1)C(=O)NCc1ccc(-c2ccccc2S(C)(=O)=O)cc1. The van der Waals surface area contributed by atoms with Crippen LogP contribution < -0.4 is 15.8 Å². The normalized spacial score (nSPS) is 12.1. The summed E-state index contributed by atoms with van der Waals surface area (Å²) in [5, 5.41) is 10.5. The van der Waals surface area contributed by atoms with Crippen molar-refractivity contribution in [1.82, 2.24) is 5.32 Å². The summed E-state index contributed by atoms with van der Waals surface area (Å²) < 4.78 is 30.1. The van der Waals surface area contributed by atoms with Gasteiger partial charge in [-0.1, -0.05) is 67.9 Å². The van der Waals surface area contributed by atoms with E-state index in [0.717, 1.165) is 17.5 Å². The van der Waals surface area contributed by atoms with Gasteiger partial charge in [0.1, 0.15) is 11.6 Å². The molecule has 3 rings (SSSR count). The zero-order chi connectivity index (χ0) is 24.7. The third kappa shape index (κ3) is 6.45. The molecule has 0 radical (unpaired) electrons. The number of hydrogen-bond acceptors (Lipinski definition) is 5. The highest BCUT2D eigenvalue weighted by Gasteiger charge is 2.20. The lowest BCUT2D eigenvalue weighted by Gasteiger charge is -2.19. The van der Waals surface area contributed by atoms with Crippen molar-refractivity contribution < 1.29 is 17.9 Å². The van der Waals surface area contributed by atoms with Crippen molar-refractivity contribution in [1.29, 1.82) is 5.41 Å². The average molecular weight is 480 g/mol. The van der Waals surface area contributed by atoms with Crippen molar-refractivity contribution in [2.45, 2.75) is 37.3 Å². The van der Waals surface area contributed by atoms with Gasteiger partial charge in [-0.25, -0.2) is 8.42 Å². The number of amides is 1. The summed E-state index contributed by atoms with van der Waals surface area (Å²) in [4.78, 5) is 13.1. The molecular weight excluding hydrogens is 450 g/mol. The van der Waals surface area contributed by atoms with Crippen LogP contribution in [0.5, 0.6) is 5.75 Å². The smallest absolute Gasteiger partial charge is 0.261 e. The average Bonchev–Trinajstić information content (AvgIpc) is 2.82. The Morgan fingerprint density at radius 2 is 1.76 bits per heavy atom. The van der Waals surface area contributed by atoms with Gasteiger partial charge in [-0.05, 0) is 35.7 Å². The Balaban J connectivity index is 1.68. The molecule has 7 nitrogen and oxygen atoms in total. The van der Waals surface area contributed by atoms with Crippen LogP contribution in [0.4, 0.5) is 0 Å². The maximum atomic E-state index is 12.8. The molecule has 0 aliphatic rings. The molecule has 1 unspecified atom stereocenters. The fourth-order valence-corrected chi connectivity index (χ4v) is 4.45. The van der Waals surface area contributed by atoms with E-state index in [2.05, 4.69) is 5.32 Å². The molecular formula is C26H29N3O4S. The predicted molar refractivity (Wildman–Crippen MR) is 134 cm³/mol. The van der Waals surface area contributed by atoms with E-state index in [-0.39, 0.29) is 16.6 Å². The summed E-state index contributed by atoms with van der Waals surface area (Å²) in [6, 6.07) is 21.1. The minimum absolute atomic E-state index is 0.0652. The lowest BCUT2D eigenvalue weighted by Crippen LogP contribution is -2.38. The lowest BCUT2D eigenvalue weighted by atomic mass is 10.0. The third-order valence-corrected chi connectivity index (χ3v) is 6.44. The fraction of sp³-hybridized carbons (Fsp3) is 0.231. The van der Waals surface area contributed by atoms with Gasteiger partial charge in [0.05, 0.1) is 4.90 Å². The van der Waals surface area contributed by atoms with Gasteiger partial charge < -0.3 is 15.8 Å². The zero-order valence-electron chi connectivity index (χ0n) is 19.2. The largest absolute Gasteiger partial charge is 0.481 e. The number of nitrogen functional groups attached to an aromatic ring is 1. The Morgan fingerprint density at radius 3 is 2.41 bits per heavy atom. The van der Waals surface area contributed by atoms with Crippen molar-refractivity contribution in [2.24, 2.45) is 5.73 Å². The molecule has 0 spiro atoms. The van der Waals surface area contributed by atoms with Gasteiger partial charge in [0, 0.05) is 23.9 Å². The van der Waals surface area contributed by atoms with Crippen LogP contribution in [0.1, 0.15) is 30.9 Å². The van der Waals surface area contributed by atoms with Crippen LogP contribution in [0, 0.1) is 5.41 Å². The molecule has 34 heavy (non-hydrogen) atoms. The van der Waals surface area contributed by atoms with E-state index in [1.165, 1.54) is 6.26 Å². The molecule has 0 aromatic heterocycles. The highest BCUT2D eigenvalue weighted by molar-refractivity contribution is 7.90. The zero-order valence-corrected chi connectivity index (χ0v) is 20.1. The Labute approximate surface area is 200 Å². The van der Waals surface area contributed by atoms with Crippen molar-refractivity contribution in [3.8, 4) is 16.9 Å². The van der Waals surface area contributed by atoms with Gasteiger partial charge in [-0.2, -0.15) is 0 Å². The van der Waals surface area contributed by atoms with Gasteiger partial charge in [0.2, 0.25) is 0 Å². The molecule has 0 aliphatic carbocycles. The molecule has 0 fully saturated rings. The molecule has 3 aromatic carbocycles. The van der Waals surface area contributed by atoms with Crippen molar-refractivity contribution >= 4 is 21.6 Å². The summed E-state index contributed by atoms with van der Waals surface area (Å²) in [6.07, 6.45) is 1.82. The van der Waals surface area contributed by atoms with Crippen LogP contribution in [0.2, 0.25) is 0 Å². The number of rotatable bonds is 10. The number of nitrogens with one attached hydrogen (secondary N) is 2. The van der Waals surface area contributed by atoms with Crippen LogP contribution >= 0.6 is 0 Å². The standard InChI is InChI=1S/C26H29N3O4S/c1-3-7-23(33-21-9-6-8-20(16-21)25(27)28)26(30)29-17-18-12-14-19(15-13-18)22-10-4-5-11-24(22)34(2,31)32/h4-6,8-16,23H,3,7,17H2,1-2H3,(H3,27,28)(H,29,30). The summed E-state index contributed by atoms with van der Waals surface area (Å²) in [7, 11) is -3.35. The maximum absolute atomic E-state index is 12.8. The summed E-state index contributed by atoms with van der Waals surface area (Å²) in [6.45, 7) is 2.28. The number of nitrogens with two attached hydrogens (primary N) is 1. The molecule has 1 atom stereocenters. The van der Waals surface area contributed by atoms with Gasteiger partial charge in [0.15, 0.2) is 15.9 Å². The van der Waals surface area contributed by atoms with Crippen LogP contribution in [-0.2, 0) is 21.2 Å². The molecule has 3 aromatic rings. The van der Waals surface area contributed by atoms with E-state index in [1.807, 2.05) is 31.2 Å². The van der Waals surface area contributed by atoms with Gasteiger partial charge in [0.25, 0.3) is 5.91 Å². The van der Waals surface area contributed by atoms with E-state index >= 15 is 0 Å². The van der Waals surface area contributed by atoms with Crippen LogP contribution in [0.3, 0.4) is 0 Å². The second-order valence-electron chi connectivity index (χ2n) is 8.02. The van der Waals surface area contributed by atoms with Crippen molar-refractivity contribution in [3.63, 3.8) is 0 Å². The highest BCUT2D eigenvalue weighted by atomic mass is 32.2. The number of amidine groups is 1. The quantitative estimate of drug-likeness (QED) is 0.301.